The predicted octanol–water partition coefficient (Wildman–Crippen LogP) is 4.05. The van der Waals surface area contributed by atoms with Gasteiger partial charge < -0.3 is 10.1 Å². The number of carbonyl (C=O) groups is 1. The lowest BCUT2D eigenvalue weighted by Gasteiger charge is -2.19. The Morgan fingerprint density at radius 2 is 1.61 bits per heavy atom. The third kappa shape index (κ3) is 6.41. The van der Waals surface area contributed by atoms with Gasteiger partial charge in [0.25, 0.3) is 10.0 Å². The number of para-hydroxylation sites is 1. The molecule has 7 nitrogen and oxygen atoms in total. The number of anilines is 2. The number of amides is 1. The van der Waals surface area contributed by atoms with Crippen molar-refractivity contribution >= 4 is 50.7 Å². The van der Waals surface area contributed by atoms with E-state index in [0.29, 0.717) is 11.4 Å². The molecule has 0 aliphatic rings. The highest BCUT2D eigenvalue weighted by molar-refractivity contribution is 7.92. The zero-order chi connectivity index (χ0) is 23.8. The van der Waals surface area contributed by atoms with Crippen LogP contribution in [-0.4, -0.2) is 33.6 Å². The summed E-state index contributed by atoms with van der Waals surface area (Å²) in [5.41, 5.74) is 1.94. The van der Waals surface area contributed by atoms with Gasteiger partial charge in [0, 0.05) is 18.8 Å². The van der Waals surface area contributed by atoms with Gasteiger partial charge in [-0.25, -0.2) is 8.42 Å². The Morgan fingerprint density at radius 1 is 0.970 bits per heavy atom. The number of nitrogens with zero attached hydrogens (tertiary/aromatic N) is 1. The highest BCUT2D eigenvalue weighted by Crippen LogP contribution is 2.22. The van der Waals surface area contributed by atoms with Crippen LogP contribution in [0.25, 0.3) is 6.08 Å². The van der Waals surface area contributed by atoms with Crippen molar-refractivity contribution in [2.45, 2.75) is 4.90 Å². The Balaban J connectivity index is 1.58. The maximum Gasteiger partial charge on any atom is 0.264 e. The average Bonchev–Trinajstić information content (AvgIpc) is 2.83. The first-order valence-electron chi connectivity index (χ1n) is 9.88. The summed E-state index contributed by atoms with van der Waals surface area (Å²) in [6.07, 6.45) is 3.02. The van der Waals surface area contributed by atoms with Gasteiger partial charge in [0.2, 0.25) is 5.91 Å². The molecule has 0 atom stereocenters. The van der Waals surface area contributed by atoms with Gasteiger partial charge in [-0.1, -0.05) is 30.3 Å². The standard InChI is InChI=1S/C24H23N3O4S2/c1-27(20-6-4-3-5-7-20)33(29,30)22-15-11-19(12-16-22)25-24(32)26-23(28)17-10-18-8-13-21(31-2)14-9-18/h3-17H,1-2H3,(H2,25,26,28,32). The van der Waals surface area contributed by atoms with Gasteiger partial charge in [0.1, 0.15) is 5.75 Å². The SMILES string of the molecule is COc1ccc(C=CC(=O)NC(=S)Nc2ccc(S(=O)(=O)N(C)c3ccccc3)cc2)cc1. The molecular weight excluding hydrogens is 458 g/mol. The summed E-state index contributed by atoms with van der Waals surface area (Å²) in [5, 5.41) is 5.51. The molecule has 0 spiro atoms. The highest BCUT2D eigenvalue weighted by Gasteiger charge is 2.21. The van der Waals surface area contributed by atoms with Crippen LogP contribution in [0.15, 0.2) is 89.8 Å². The second kappa shape index (κ2) is 10.8. The Labute approximate surface area is 198 Å². The Kier molecular flexibility index (Phi) is 7.81. The molecule has 0 radical (unpaired) electrons. The number of hydrogen-bond acceptors (Lipinski definition) is 5. The molecule has 0 aliphatic heterocycles. The quantitative estimate of drug-likeness (QED) is 0.391. The van der Waals surface area contributed by atoms with Gasteiger partial charge in [-0.15, -0.1) is 0 Å². The molecule has 0 unspecified atom stereocenters. The van der Waals surface area contributed by atoms with Crippen LogP contribution >= 0.6 is 12.2 Å². The number of ether oxygens (including phenoxy) is 1. The molecule has 0 saturated heterocycles. The van der Waals surface area contributed by atoms with Gasteiger partial charge in [-0.05, 0) is 72.4 Å². The van der Waals surface area contributed by atoms with Gasteiger partial charge in [-0.2, -0.15) is 0 Å². The second-order valence-electron chi connectivity index (χ2n) is 6.88. The molecule has 0 heterocycles. The summed E-state index contributed by atoms with van der Waals surface area (Å²) in [6.45, 7) is 0. The third-order valence-electron chi connectivity index (χ3n) is 4.67. The number of sulfonamides is 1. The summed E-state index contributed by atoms with van der Waals surface area (Å²) in [6, 6.07) is 22.2. The number of carbonyl (C=O) groups excluding carboxylic acids is 1. The molecule has 1 amide bonds. The molecule has 2 N–H and O–H groups in total. The lowest BCUT2D eigenvalue weighted by Crippen LogP contribution is -2.32. The van der Waals surface area contributed by atoms with Gasteiger partial charge in [0.05, 0.1) is 17.7 Å². The molecule has 0 saturated carbocycles. The van der Waals surface area contributed by atoms with E-state index >= 15 is 0 Å². The first-order chi connectivity index (χ1) is 15.8. The van der Waals surface area contributed by atoms with Gasteiger partial charge in [0.15, 0.2) is 5.11 Å². The highest BCUT2D eigenvalue weighted by atomic mass is 32.2. The number of rotatable bonds is 7. The summed E-state index contributed by atoms with van der Waals surface area (Å²) < 4.78 is 32.0. The molecule has 0 bridgehead atoms. The van der Waals surface area contributed by atoms with E-state index in [9.17, 15) is 13.2 Å². The molecule has 33 heavy (non-hydrogen) atoms. The first kappa shape index (κ1) is 24.0. The van der Waals surface area contributed by atoms with E-state index in [1.165, 1.54) is 29.6 Å². The van der Waals surface area contributed by atoms with Crippen LogP contribution < -0.4 is 19.7 Å². The zero-order valence-electron chi connectivity index (χ0n) is 18.1. The van der Waals surface area contributed by atoms with Crippen molar-refractivity contribution in [3.63, 3.8) is 0 Å². The van der Waals surface area contributed by atoms with Crippen LogP contribution in [0.4, 0.5) is 11.4 Å². The van der Waals surface area contributed by atoms with Crippen LogP contribution in [0, 0.1) is 0 Å². The van der Waals surface area contributed by atoms with E-state index in [4.69, 9.17) is 17.0 Å². The van der Waals surface area contributed by atoms with Gasteiger partial charge >= 0.3 is 0 Å². The first-order valence-corrected chi connectivity index (χ1v) is 11.7. The largest absolute Gasteiger partial charge is 0.497 e. The lowest BCUT2D eigenvalue weighted by molar-refractivity contribution is -0.115. The van der Waals surface area contributed by atoms with E-state index in [1.54, 1.807) is 61.7 Å². The van der Waals surface area contributed by atoms with E-state index in [2.05, 4.69) is 10.6 Å². The summed E-state index contributed by atoms with van der Waals surface area (Å²) in [5.74, 6) is 0.333. The maximum absolute atomic E-state index is 12.8. The zero-order valence-corrected chi connectivity index (χ0v) is 19.7. The van der Waals surface area contributed by atoms with Gasteiger partial charge in [-0.3, -0.25) is 14.4 Å². The maximum atomic E-state index is 12.8. The molecule has 3 rings (SSSR count). The van der Waals surface area contributed by atoms with Crippen LogP contribution in [0.3, 0.4) is 0 Å². The summed E-state index contributed by atoms with van der Waals surface area (Å²) in [4.78, 5) is 12.2. The van der Waals surface area contributed by atoms with E-state index in [1.807, 2.05) is 18.2 Å². The number of thiocarbonyl (C=S) groups is 1. The minimum Gasteiger partial charge on any atom is -0.497 e. The van der Waals surface area contributed by atoms with Crippen molar-refractivity contribution in [3.8, 4) is 5.75 Å². The molecule has 3 aromatic carbocycles. The second-order valence-corrected chi connectivity index (χ2v) is 9.26. The number of methoxy groups -OCH3 is 1. The fourth-order valence-electron chi connectivity index (χ4n) is 2.85. The van der Waals surface area contributed by atoms with Crippen molar-refractivity contribution in [1.29, 1.82) is 0 Å². The third-order valence-corrected chi connectivity index (χ3v) is 6.67. The fraction of sp³-hybridized carbons (Fsp3) is 0.0833. The Bertz CT molecular complexity index is 1240. The fourth-order valence-corrected chi connectivity index (χ4v) is 4.26. The van der Waals surface area contributed by atoms with Crippen molar-refractivity contribution in [3.05, 3.63) is 90.5 Å². The summed E-state index contributed by atoms with van der Waals surface area (Å²) >= 11 is 5.17. The molecule has 170 valence electrons. The molecular formula is C24H23N3O4S2. The van der Waals surface area contributed by atoms with E-state index in [-0.39, 0.29) is 10.0 Å². The minimum absolute atomic E-state index is 0.0939. The normalized spacial score (nSPS) is 11.1. The van der Waals surface area contributed by atoms with Crippen molar-refractivity contribution < 1.29 is 17.9 Å². The Morgan fingerprint density at radius 3 is 2.21 bits per heavy atom. The number of benzene rings is 3. The van der Waals surface area contributed by atoms with Crippen LogP contribution in [0.5, 0.6) is 5.75 Å². The monoisotopic (exact) mass is 481 g/mol. The van der Waals surface area contributed by atoms with Crippen molar-refractivity contribution in [1.82, 2.24) is 5.32 Å². The molecule has 3 aromatic rings. The smallest absolute Gasteiger partial charge is 0.264 e. The Hall–Kier alpha value is -3.69. The molecule has 0 fully saturated rings. The number of nitrogens with one attached hydrogen (secondary N) is 2. The lowest BCUT2D eigenvalue weighted by atomic mass is 10.2. The average molecular weight is 482 g/mol. The van der Waals surface area contributed by atoms with E-state index in [0.717, 1.165) is 11.3 Å². The molecule has 9 heteroatoms. The summed E-state index contributed by atoms with van der Waals surface area (Å²) in [7, 11) is -0.622. The van der Waals surface area contributed by atoms with E-state index < -0.39 is 15.9 Å². The van der Waals surface area contributed by atoms with Crippen LogP contribution in [0.1, 0.15) is 5.56 Å². The molecule has 0 aliphatic carbocycles. The van der Waals surface area contributed by atoms with Crippen LogP contribution in [0.2, 0.25) is 0 Å². The number of hydrogen-bond donors (Lipinski definition) is 2. The van der Waals surface area contributed by atoms with Crippen molar-refractivity contribution in [2.75, 3.05) is 23.8 Å². The van der Waals surface area contributed by atoms with Crippen molar-refractivity contribution in [2.24, 2.45) is 0 Å². The predicted molar refractivity (Wildman–Crippen MR) is 135 cm³/mol. The molecule has 0 aromatic heterocycles. The minimum atomic E-state index is -3.71. The topological polar surface area (TPSA) is 87.7 Å². The van der Waals surface area contributed by atoms with Crippen LogP contribution in [-0.2, 0) is 14.8 Å².